The number of carbonyl (C=O) groups excluding carboxylic acids is 1. The summed E-state index contributed by atoms with van der Waals surface area (Å²) in [5.41, 5.74) is 11.8. The number of carbonyl (C=O) groups is 2. The number of nitrogens with two attached hydrogens (primary N) is 2. The topological polar surface area (TPSA) is 174 Å². The predicted octanol–water partition coefficient (Wildman–Crippen LogP) is 0.758. The van der Waals surface area contributed by atoms with E-state index >= 15 is 0 Å². The lowest BCUT2D eigenvalue weighted by molar-refractivity contribution is -0.144. The van der Waals surface area contributed by atoms with Crippen LogP contribution in [0.5, 0.6) is 0 Å². The number of nitrogens with one attached hydrogen (secondary N) is 1. The van der Waals surface area contributed by atoms with Crippen molar-refractivity contribution in [3.05, 3.63) is 65.7 Å². The summed E-state index contributed by atoms with van der Waals surface area (Å²) in [5.74, 6) is -1.88. The first kappa shape index (κ1) is 24.8. The fraction of sp³-hybridized carbons (Fsp3) is 0.286. The summed E-state index contributed by atoms with van der Waals surface area (Å²) >= 11 is 0. The van der Waals surface area contributed by atoms with Crippen LogP contribution in [0.1, 0.15) is 24.0 Å². The van der Waals surface area contributed by atoms with E-state index in [1.807, 2.05) is 30.3 Å². The van der Waals surface area contributed by atoms with E-state index in [1.165, 1.54) is 24.3 Å². The summed E-state index contributed by atoms with van der Waals surface area (Å²) in [6.07, 6.45) is 0.265. The molecule has 0 aliphatic heterocycles. The first-order chi connectivity index (χ1) is 15.2. The number of hydrogen-bond donors (Lipinski definition) is 4. The molecule has 0 aliphatic rings. The van der Waals surface area contributed by atoms with Gasteiger partial charge in [0.2, 0.25) is 10.0 Å². The highest BCUT2D eigenvalue weighted by Crippen LogP contribution is 2.14. The van der Waals surface area contributed by atoms with Crippen molar-refractivity contribution in [3.8, 4) is 0 Å². The number of rotatable bonds is 12. The SMILES string of the molecule is NC(N)=NCCC[C@H](NS(=O)(=O)c1ccc(CC(=O)OCc2ccccc2)cc1)C(=O)O. The molecular weight excluding hydrogens is 436 g/mol. The largest absolute Gasteiger partial charge is 0.480 e. The van der Waals surface area contributed by atoms with Crippen molar-refractivity contribution in [2.45, 2.75) is 36.8 Å². The summed E-state index contributed by atoms with van der Waals surface area (Å²) < 4.78 is 32.5. The Morgan fingerprint density at radius 2 is 1.69 bits per heavy atom. The molecule has 10 nitrogen and oxygen atoms in total. The molecule has 0 heterocycles. The number of nitrogens with zero attached hydrogens (tertiary/aromatic N) is 1. The summed E-state index contributed by atoms with van der Waals surface area (Å²) in [4.78, 5) is 27.0. The molecule has 0 saturated heterocycles. The molecule has 0 aromatic heterocycles. The molecule has 0 saturated carbocycles. The van der Waals surface area contributed by atoms with E-state index in [0.717, 1.165) is 5.56 Å². The number of carboxylic acid groups (broad SMARTS) is 1. The van der Waals surface area contributed by atoms with E-state index in [1.54, 1.807) is 0 Å². The maximum atomic E-state index is 12.5. The Morgan fingerprint density at radius 3 is 2.28 bits per heavy atom. The number of esters is 1. The number of sulfonamides is 1. The third kappa shape index (κ3) is 8.36. The first-order valence-corrected chi connectivity index (χ1v) is 11.2. The molecule has 32 heavy (non-hydrogen) atoms. The molecule has 2 rings (SSSR count). The maximum Gasteiger partial charge on any atom is 0.321 e. The predicted molar refractivity (Wildman–Crippen MR) is 118 cm³/mol. The lowest BCUT2D eigenvalue weighted by Gasteiger charge is -2.14. The van der Waals surface area contributed by atoms with Gasteiger partial charge in [0.15, 0.2) is 5.96 Å². The van der Waals surface area contributed by atoms with E-state index in [2.05, 4.69) is 9.71 Å². The second-order valence-corrected chi connectivity index (χ2v) is 8.64. The van der Waals surface area contributed by atoms with Crippen LogP contribution >= 0.6 is 0 Å². The van der Waals surface area contributed by atoms with Gasteiger partial charge >= 0.3 is 11.9 Å². The number of carboxylic acids is 1. The van der Waals surface area contributed by atoms with Crippen molar-refractivity contribution >= 4 is 27.9 Å². The van der Waals surface area contributed by atoms with Crippen LogP contribution in [-0.4, -0.2) is 44.0 Å². The fourth-order valence-electron chi connectivity index (χ4n) is 2.73. The van der Waals surface area contributed by atoms with Crippen LogP contribution in [0.3, 0.4) is 0 Å². The highest BCUT2D eigenvalue weighted by molar-refractivity contribution is 7.89. The molecule has 2 aromatic rings. The molecule has 0 fully saturated rings. The molecule has 11 heteroatoms. The van der Waals surface area contributed by atoms with Crippen molar-refractivity contribution in [2.75, 3.05) is 6.54 Å². The maximum absolute atomic E-state index is 12.5. The van der Waals surface area contributed by atoms with Crippen LogP contribution in [0.15, 0.2) is 64.5 Å². The van der Waals surface area contributed by atoms with Crippen molar-refractivity contribution < 1.29 is 27.9 Å². The smallest absolute Gasteiger partial charge is 0.321 e. The van der Waals surface area contributed by atoms with Gasteiger partial charge in [-0.2, -0.15) is 4.72 Å². The Morgan fingerprint density at radius 1 is 1.03 bits per heavy atom. The first-order valence-electron chi connectivity index (χ1n) is 9.76. The Labute approximate surface area is 186 Å². The average molecular weight is 463 g/mol. The third-order valence-electron chi connectivity index (χ3n) is 4.37. The zero-order valence-corrected chi connectivity index (χ0v) is 18.1. The standard InChI is InChI=1S/C21H26N4O6S/c22-21(23)24-12-4-7-18(20(27)28)25-32(29,30)17-10-8-15(9-11-17)13-19(26)31-14-16-5-2-1-3-6-16/h1-3,5-6,8-11,18,25H,4,7,12-14H2,(H,27,28)(H4,22,23,24)/t18-/m0/s1. The van der Waals surface area contributed by atoms with Crippen molar-refractivity contribution in [1.82, 2.24) is 4.72 Å². The normalized spacial score (nSPS) is 12.0. The lowest BCUT2D eigenvalue weighted by atomic mass is 10.1. The van der Waals surface area contributed by atoms with Gasteiger partial charge in [-0.15, -0.1) is 0 Å². The second-order valence-electron chi connectivity index (χ2n) is 6.93. The van der Waals surface area contributed by atoms with Gasteiger partial charge in [0.05, 0.1) is 11.3 Å². The highest BCUT2D eigenvalue weighted by Gasteiger charge is 2.25. The number of hydrogen-bond acceptors (Lipinski definition) is 6. The minimum Gasteiger partial charge on any atom is -0.480 e. The van der Waals surface area contributed by atoms with Gasteiger partial charge in [-0.3, -0.25) is 14.6 Å². The zero-order valence-electron chi connectivity index (χ0n) is 17.3. The van der Waals surface area contributed by atoms with E-state index in [0.29, 0.717) is 5.56 Å². The molecule has 2 aromatic carbocycles. The molecule has 0 amide bonds. The van der Waals surface area contributed by atoms with E-state index in [-0.39, 0.29) is 43.3 Å². The van der Waals surface area contributed by atoms with Crippen LogP contribution < -0.4 is 16.2 Å². The summed E-state index contributed by atoms with van der Waals surface area (Å²) in [5, 5.41) is 9.30. The molecule has 0 bridgehead atoms. The minimum atomic E-state index is -4.08. The Balaban J connectivity index is 1.93. The van der Waals surface area contributed by atoms with Gasteiger partial charge in [-0.25, -0.2) is 8.42 Å². The molecule has 0 spiro atoms. The van der Waals surface area contributed by atoms with Gasteiger partial charge < -0.3 is 21.3 Å². The second kappa shape index (κ2) is 11.8. The summed E-state index contributed by atoms with van der Waals surface area (Å²) in [6.45, 7) is 0.332. The lowest BCUT2D eigenvalue weighted by Crippen LogP contribution is -2.40. The molecule has 0 aliphatic carbocycles. The molecule has 1 atom stereocenters. The highest BCUT2D eigenvalue weighted by atomic mass is 32.2. The van der Waals surface area contributed by atoms with Gasteiger partial charge in [-0.05, 0) is 36.1 Å². The van der Waals surface area contributed by atoms with Crippen molar-refractivity contribution in [2.24, 2.45) is 16.5 Å². The van der Waals surface area contributed by atoms with Crippen LogP contribution in [-0.2, 0) is 37.4 Å². The van der Waals surface area contributed by atoms with E-state index in [9.17, 15) is 23.1 Å². The van der Waals surface area contributed by atoms with Crippen LogP contribution in [0.4, 0.5) is 0 Å². The number of benzene rings is 2. The zero-order chi connectivity index (χ0) is 23.6. The average Bonchev–Trinajstić information content (AvgIpc) is 2.75. The number of aliphatic carboxylic acids is 1. The molecule has 0 unspecified atom stereocenters. The molecule has 0 radical (unpaired) electrons. The Hall–Kier alpha value is -3.44. The summed E-state index contributed by atoms with van der Waals surface area (Å²) in [6, 6.07) is 13.5. The Kier molecular flexibility index (Phi) is 9.17. The van der Waals surface area contributed by atoms with Crippen LogP contribution in [0.2, 0.25) is 0 Å². The third-order valence-corrected chi connectivity index (χ3v) is 5.85. The summed E-state index contributed by atoms with van der Waals surface area (Å²) in [7, 11) is -4.08. The monoisotopic (exact) mass is 462 g/mol. The van der Waals surface area contributed by atoms with Gasteiger partial charge in [0, 0.05) is 6.54 Å². The van der Waals surface area contributed by atoms with Gasteiger partial charge in [-0.1, -0.05) is 42.5 Å². The van der Waals surface area contributed by atoms with E-state index in [4.69, 9.17) is 16.2 Å². The quantitative estimate of drug-likeness (QED) is 0.155. The fourth-order valence-corrected chi connectivity index (χ4v) is 3.96. The molecule has 6 N–H and O–H groups in total. The van der Waals surface area contributed by atoms with Crippen molar-refractivity contribution in [1.29, 1.82) is 0 Å². The molecular formula is C21H26N4O6S. The number of guanidine groups is 1. The minimum absolute atomic E-state index is 0.0106. The number of aliphatic imine (C=N–C) groups is 1. The van der Waals surface area contributed by atoms with Gasteiger partial charge in [0.25, 0.3) is 0 Å². The van der Waals surface area contributed by atoms with Crippen LogP contribution in [0.25, 0.3) is 0 Å². The van der Waals surface area contributed by atoms with Crippen molar-refractivity contribution in [3.63, 3.8) is 0 Å². The molecule has 172 valence electrons. The van der Waals surface area contributed by atoms with Crippen LogP contribution in [0, 0.1) is 0 Å². The number of ether oxygens (including phenoxy) is 1. The van der Waals surface area contributed by atoms with E-state index < -0.39 is 28.0 Å². The Bertz CT molecular complexity index is 1040. The van der Waals surface area contributed by atoms with Gasteiger partial charge in [0.1, 0.15) is 12.6 Å².